The lowest BCUT2D eigenvalue weighted by molar-refractivity contribution is 0.00165. The third kappa shape index (κ3) is 5.18. The van der Waals surface area contributed by atoms with Crippen LogP contribution in [0.15, 0.2) is 29.6 Å². The summed E-state index contributed by atoms with van der Waals surface area (Å²) in [7, 11) is 0. The van der Waals surface area contributed by atoms with Crippen molar-refractivity contribution in [3.05, 3.63) is 35.3 Å². The van der Waals surface area contributed by atoms with Crippen LogP contribution in [0.25, 0.3) is 10.6 Å². The Bertz CT molecular complexity index is 814. The summed E-state index contributed by atoms with van der Waals surface area (Å²) >= 11 is 1.48. The Labute approximate surface area is 181 Å². The second kappa shape index (κ2) is 10.3. The number of rotatable bonds is 8. The van der Waals surface area contributed by atoms with Crippen LogP contribution >= 0.6 is 11.3 Å². The van der Waals surface area contributed by atoms with Gasteiger partial charge in [0.05, 0.1) is 26.4 Å². The molecule has 30 heavy (non-hydrogen) atoms. The highest BCUT2D eigenvalue weighted by Crippen LogP contribution is 2.26. The summed E-state index contributed by atoms with van der Waals surface area (Å²) in [5.74, 6) is 1.15. The third-order valence-electron chi connectivity index (χ3n) is 5.64. The third-order valence-corrected chi connectivity index (χ3v) is 6.54. The number of ether oxygens (including phenoxy) is 3. The van der Waals surface area contributed by atoms with Crippen LogP contribution in [0.3, 0.4) is 0 Å². The van der Waals surface area contributed by atoms with Crippen molar-refractivity contribution in [2.45, 2.75) is 19.4 Å². The van der Waals surface area contributed by atoms with Crippen molar-refractivity contribution >= 4 is 17.2 Å². The van der Waals surface area contributed by atoms with Gasteiger partial charge in [0.25, 0.3) is 5.91 Å². The molecule has 2 aliphatic rings. The van der Waals surface area contributed by atoms with E-state index in [0.29, 0.717) is 24.8 Å². The number of morpholine rings is 1. The van der Waals surface area contributed by atoms with Gasteiger partial charge in [-0.25, -0.2) is 4.98 Å². The van der Waals surface area contributed by atoms with Crippen LogP contribution in [-0.2, 0) is 9.47 Å². The SMILES string of the molecule is CCOc1ccc(-c2nc(C(=O)NCC(C3CCOC3)N3CCOCC3)cs2)cc1. The number of nitrogens with one attached hydrogen (secondary N) is 1. The molecule has 2 fully saturated rings. The summed E-state index contributed by atoms with van der Waals surface area (Å²) < 4.78 is 16.6. The van der Waals surface area contributed by atoms with E-state index >= 15 is 0 Å². The maximum atomic E-state index is 12.8. The van der Waals surface area contributed by atoms with Gasteiger partial charge in [0.15, 0.2) is 0 Å². The zero-order chi connectivity index (χ0) is 20.8. The smallest absolute Gasteiger partial charge is 0.270 e. The topological polar surface area (TPSA) is 72.9 Å². The van der Waals surface area contributed by atoms with Gasteiger partial charge in [0, 0.05) is 49.1 Å². The minimum absolute atomic E-state index is 0.124. The molecule has 1 N–H and O–H groups in total. The van der Waals surface area contributed by atoms with Crippen molar-refractivity contribution in [2.24, 2.45) is 5.92 Å². The Morgan fingerprint density at radius 3 is 2.77 bits per heavy atom. The molecule has 0 spiro atoms. The number of amides is 1. The summed E-state index contributed by atoms with van der Waals surface area (Å²) in [5, 5.41) is 5.76. The zero-order valence-corrected chi connectivity index (χ0v) is 18.2. The largest absolute Gasteiger partial charge is 0.494 e. The monoisotopic (exact) mass is 431 g/mol. The number of carbonyl (C=O) groups excluding carboxylic acids is 1. The minimum atomic E-state index is -0.124. The van der Waals surface area contributed by atoms with Crippen molar-refractivity contribution in [1.29, 1.82) is 0 Å². The highest BCUT2D eigenvalue weighted by atomic mass is 32.1. The summed E-state index contributed by atoms with van der Waals surface area (Å²) in [4.78, 5) is 19.7. The number of nitrogens with zero attached hydrogens (tertiary/aromatic N) is 2. The lowest BCUT2D eigenvalue weighted by Gasteiger charge is -2.37. The van der Waals surface area contributed by atoms with E-state index in [1.54, 1.807) is 0 Å². The van der Waals surface area contributed by atoms with Crippen molar-refractivity contribution in [2.75, 3.05) is 52.7 Å². The maximum absolute atomic E-state index is 12.8. The predicted octanol–water partition coefficient (Wildman–Crippen LogP) is 2.68. The Morgan fingerprint density at radius 1 is 1.27 bits per heavy atom. The molecule has 1 amide bonds. The normalized spacial score (nSPS) is 20.8. The van der Waals surface area contributed by atoms with Crippen LogP contribution in [0.5, 0.6) is 5.75 Å². The van der Waals surface area contributed by atoms with Crippen molar-refractivity contribution < 1.29 is 19.0 Å². The molecule has 0 saturated carbocycles. The first-order chi connectivity index (χ1) is 14.7. The first-order valence-corrected chi connectivity index (χ1v) is 11.5. The average molecular weight is 432 g/mol. The van der Waals surface area contributed by atoms with Crippen LogP contribution in [0.1, 0.15) is 23.8 Å². The fraction of sp³-hybridized carbons (Fsp3) is 0.545. The number of hydrogen-bond donors (Lipinski definition) is 1. The van der Waals surface area contributed by atoms with E-state index in [9.17, 15) is 4.79 Å². The number of thiazole rings is 1. The van der Waals surface area contributed by atoms with Crippen molar-refractivity contribution in [1.82, 2.24) is 15.2 Å². The highest BCUT2D eigenvalue weighted by molar-refractivity contribution is 7.13. The van der Waals surface area contributed by atoms with Crippen LogP contribution in [0.2, 0.25) is 0 Å². The van der Waals surface area contributed by atoms with Gasteiger partial charge in [-0.15, -0.1) is 11.3 Å². The molecule has 2 atom stereocenters. The fourth-order valence-electron chi connectivity index (χ4n) is 4.02. The molecule has 0 bridgehead atoms. The Balaban J connectivity index is 1.38. The molecular weight excluding hydrogens is 402 g/mol. The number of hydrogen-bond acceptors (Lipinski definition) is 7. The van der Waals surface area contributed by atoms with Crippen LogP contribution in [0, 0.1) is 5.92 Å². The predicted molar refractivity (Wildman–Crippen MR) is 116 cm³/mol. The second-order valence-corrected chi connectivity index (χ2v) is 8.40. The molecule has 4 rings (SSSR count). The standard InChI is InChI=1S/C22H29N3O4S/c1-2-29-18-5-3-16(4-6-18)22-24-19(15-30-22)21(26)23-13-20(17-7-10-28-14-17)25-8-11-27-12-9-25/h3-6,15,17,20H,2,7-14H2,1H3,(H,23,26). The van der Waals surface area contributed by atoms with Gasteiger partial charge in [-0.05, 0) is 37.6 Å². The van der Waals surface area contributed by atoms with Gasteiger partial charge >= 0.3 is 0 Å². The van der Waals surface area contributed by atoms with E-state index in [1.807, 2.05) is 36.6 Å². The van der Waals surface area contributed by atoms with Crippen LogP contribution in [0.4, 0.5) is 0 Å². The molecule has 2 aromatic rings. The minimum Gasteiger partial charge on any atom is -0.494 e. The molecule has 0 aliphatic carbocycles. The zero-order valence-electron chi connectivity index (χ0n) is 17.3. The van der Waals surface area contributed by atoms with E-state index in [4.69, 9.17) is 14.2 Å². The molecule has 2 unspecified atom stereocenters. The van der Waals surface area contributed by atoms with Gasteiger partial charge < -0.3 is 19.5 Å². The first-order valence-electron chi connectivity index (χ1n) is 10.6. The van der Waals surface area contributed by atoms with Gasteiger partial charge in [0.1, 0.15) is 16.5 Å². The van der Waals surface area contributed by atoms with Crippen molar-refractivity contribution in [3.63, 3.8) is 0 Å². The molecule has 3 heterocycles. The van der Waals surface area contributed by atoms with Crippen LogP contribution in [-0.4, -0.2) is 74.5 Å². The molecule has 162 valence electrons. The average Bonchev–Trinajstić information content (AvgIpc) is 3.48. The molecule has 7 nitrogen and oxygen atoms in total. The maximum Gasteiger partial charge on any atom is 0.270 e. The summed E-state index contributed by atoms with van der Waals surface area (Å²) in [6.07, 6.45) is 1.04. The van der Waals surface area contributed by atoms with E-state index in [-0.39, 0.29) is 11.9 Å². The Kier molecular flexibility index (Phi) is 7.33. The molecular formula is C22H29N3O4S. The molecule has 1 aromatic heterocycles. The number of benzene rings is 1. The van der Waals surface area contributed by atoms with E-state index in [1.165, 1.54) is 11.3 Å². The lowest BCUT2D eigenvalue weighted by Crippen LogP contribution is -2.52. The lowest BCUT2D eigenvalue weighted by atomic mass is 9.97. The molecule has 8 heteroatoms. The Morgan fingerprint density at radius 2 is 2.07 bits per heavy atom. The van der Waals surface area contributed by atoms with Crippen molar-refractivity contribution in [3.8, 4) is 16.3 Å². The van der Waals surface area contributed by atoms with Crippen LogP contribution < -0.4 is 10.1 Å². The molecule has 2 saturated heterocycles. The summed E-state index contributed by atoms with van der Waals surface area (Å²) in [6.45, 7) is 8.05. The molecule has 1 aromatic carbocycles. The van der Waals surface area contributed by atoms with E-state index in [2.05, 4.69) is 15.2 Å². The molecule has 0 radical (unpaired) electrons. The quantitative estimate of drug-likeness (QED) is 0.693. The summed E-state index contributed by atoms with van der Waals surface area (Å²) in [5.41, 5.74) is 1.45. The van der Waals surface area contributed by atoms with Gasteiger partial charge in [-0.2, -0.15) is 0 Å². The Hall–Kier alpha value is -2.00. The number of carbonyl (C=O) groups is 1. The number of aromatic nitrogens is 1. The van der Waals surface area contributed by atoms with E-state index in [0.717, 1.165) is 62.3 Å². The summed E-state index contributed by atoms with van der Waals surface area (Å²) in [6, 6.07) is 8.07. The van der Waals surface area contributed by atoms with E-state index < -0.39 is 0 Å². The first kappa shape index (κ1) is 21.2. The van der Waals surface area contributed by atoms with Gasteiger partial charge in [0.2, 0.25) is 0 Å². The van der Waals surface area contributed by atoms with Gasteiger partial charge in [-0.1, -0.05) is 0 Å². The fourth-order valence-corrected chi connectivity index (χ4v) is 4.82. The second-order valence-electron chi connectivity index (χ2n) is 7.54. The van der Waals surface area contributed by atoms with Gasteiger partial charge in [-0.3, -0.25) is 9.69 Å². The molecule has 2 aliphatic heterocycles. The highest BCUT2D eigenvalue weighted by Gasteiger charge is 2.32.